The number of fused-ring (bicyclic) bond motifs is 1. The highest BCUT2D eigenvalue weighted by Crippen LogP contribution is 2.28. The minimum absolute atomic E-state index is 0.0365. The molecule has 2 heterocycles. The van der Waals surface area contributed by atoms with Gasteiger partial charge >= 0.3 is 0 Å². The maximum Gasteiger partial charge on any atom is 0.262 e. The van der Waals surface area contributed by atoms with E-state index in [2.05, 4.69) is 10.6 Å². The highest BCUT2D eigenvalue weighted by molar-refractivity contribution is 6.24. The Hall–Kier alpha value is -3.93. The zero-order valence-electron chi connectivity index (χ0n) is 20.8. The van der Waals surface area contributed by atoms with Gasteiger partial charge in [0.1, 0.15) is 6.04 Å². The van der Waals surface area contributed by atoms with Crippen molar-refractivity contribution in [3.8, 4) is 0 Å². The number of rotatable bonds is 13. The Morgan fingerprint density at radius 1 is 0.868 bits per heavy atom. The molecule has 0 aromatic heterocycles. The average Bonchev–Trinajstić information content (AvgIpc) is 3.16. The number of hydrogen-bond donors (Lipinski definition) is 2. The quantitative estimate of drug-likeness (QED) is 0.294. The number of hydrogen-bond acceptors (Lipinski definition) is 8. The van der Waals surface area contributed by atoms with Crippen molar-refractivity contribution >= 4 is 29.5 Å². The Morgan fingerprint density at radius 2 is 1.55 bits per heavy atom. The van der Waals surface area contributed by atoms with E-state index in [-0.39, 0.29) is 42.7 Å². The first kappa shape index (κ1) is 27.1. The van der Waals surface area contributed by atoms with Crippen LogP contribution < -0.4 is 10.6 Å². The molecule has 11 nitrogen and oxygen atoms in total. The van der Waals surface area contributed by atoms with Gasteiger partial charge in [-0.1, -0.05) is 30.3 Å². The topological polar surface area (TPSA) is 140 Å². The molecule has 38 heavy (non-hydrogen) atoms. The van der Waals surface area contributed by atoms with Gasteiger partial charge in [-0.3, -0.25) is 34.2 Å². The largest absolute Gasteiger partial charge is 0.377 e. The van der Waals surface area contributed by atoms with E-state index >= 15 is 0 Å². The molecule has 1 unspecified atom stereocenters. The zero-order chi connectivity index (χ0) is 26.9. The molecule has 2 aromatic rings. The molecule has 2 aromatic carbocycles. The Bertz CT molecular complexity index is 1200. The van der Waals surface area contributed by atoms with Crippen LogP contribution in [-0.2, 0) is 30.4 Å². The van der Waals surface area contributed by atoms with Gasteiger partial charge in [0.15, 0.2) is 0 Å². The van der Waals surface area contributed by atoms with Crippen LogP contribution in [0.3, 0.4) is 0 Å². The summed E-state index contributed by atoms with van der Waals surface area (Å²) in [5.41, 5.74) is 1.47. The second-order valence-electron chi connectivity index (χ2n) is 8.73. The molecule has 200 valence electrons. The molecule has 1 fully saturated rings. The summed E-state index contributed by atoms with van der Waals surface area (Å²) in [5, 5.41) is 4.85. The molecule has 0 radical (unpaired) electrons. The van der Waals surface area contributed by atoms with E-state index in [9.17, 15) is 24.0 Å². The van der Waals surface area contributed by atoms with Crippen LogP contribution in [0.5, 0.6) is 0 Å². The van der Waals surface area contributed by atoms with Crippen LogP contribution in [0.15, 0.2) is 48.5 Å². The molecule has 0 spiro atoms. The first-order chi connectivity index (χ1) is 18.5. The standard InChI is InChI=1S/C27H29N3O8/c31-23-9-8-22(25(33)29-23)30-26(34)20-7-6-19(16-21(20)27(30)35)24(32)28-10-11-36-12-13-37-14-15-38-17-18-4-2-1-3-5-18/h1-7,16,22H,8-15,17H2,(H,28,32)(H,29,31,33). The van der Waals surface area contributed by atoms with Crippen molar-refractivity contribution in [3.05, 3.63) is 70.8 Å². The summed E-state index contributed by atoms with van der Waals surface area (Å²) in [4.78, 5) is 62.6. The maximum absolute atomic E-state index is 12.9. The maximum atomic E-state index is 12.9. The third-order valence-electron chi connectivity index (χ3n) is 6.09. The highest BCUT2D eigenvalue weighted by atomic mass is 16.5. The predicted molar refractivity (Wildman–Crippen MR) is 133 cm³/mol. The third kappa shape index (κ3) is 6.68. The summed E-state index contributed by atoms with van der Waals surface area (Å²) in [6.45, 7) is 2.73. The molecule has 4 rings (SSSR count). The fourth-order valence-corrected chi connectivity index (χ4v) is 4.16. The molecule has 1 atom stereocenters. The van der Waals surface area contributed by atoms with Crippen LogP contribution in [0.1, 0.15) is 49.5 Å². The molecule has 2 aliphatic heterocycles. The number of piperidine rings is 1. The first-order valence-corrected chi connectivity index (χ1v) is 12.4. The number of nitrogens with one attached hydrogen (secondary N) is 2. The molecule has 0 saturated carbocycles. The molecule has 1 saturated heterocycles. The van der Waals surface area contributed by atoms with Crippen LogP contribution in [0, 0.1) is 0 Å². The normalized spacial score (nSPS) is 16.9. The Balaban J connectivity index is 1.13. The van der Waals surface area contributed by atoms with Gasteiger partial charge in [-0.2, -0.15) is 0 Å². The number of carbonyl (C=O) groups is 5. The van der Waals surface area contributed by atoms with Crippen LogP contribution in [0.25, 0.3) is 0 Å². The van der Waals surface area contributed by atoms with Gasteiger partial charge in [0.05, 0.1) is 50.8 Å². The van der Waals surface area contributed by atoms with E-state index in [0.717, 1.165) is 10.5 Å². The van der Waals surface area contributed by atoms with Gasteiger partial charge in [0.2, 0.25) is 11.8 Å². The number of nitrogens with zero attached hydrogens (tertiary/aromatic N) is 1. The second-order valence-corrected chi connectivity index (χ2v) is 8.73. The zero-order valence-corrected chi connectivity index (χ0v) is 20.8. The number of ether oxygens (including phenoxy) is 3. The Kier molecular flexibility index (Phi) is 9.30. The number of amides is 5. The average molecular weight is 524 g/mol. The molecular weight excluding hydrogens is 494 g/mol. The number of carbonyl (C=O) groups excluding carboxylic acids is 5. The van der Waals surface area contributed by atoms with Gasteiger partial charge in [-0.15, -0.1) is 0 Å². The van der Waals surface area contributed by atoms with E-state index in [1.165, 1.54) is 18.2 Å². The van der Waals surface area contributed by atoms with Crippen molar-refractivity contribution in [2.45, 2.75) is 25.5 Å². The fourth-order valence-electron chi connectivity index (χ4n) is 4.16. The van der Waals surface area contributed by atoms with Gasteiger partial charge in [-0.25, -0.2) is 0 Å². The second kappa shape index (κ2) is 13.0. The van der Waals surface area contributed by atoms with Gasteiger partial charge in [0, 0.05) is 18.5 Å². The van der Waals surface area contributed by atoms with Gasteiger partial charge in [-0.05, 0) is 30.2 Å². The molecule has 0 bridgehead atoms. The van der Waals surface area contributed by atoms with E-state index < -0.39 is 35.6 Å². The molecule has 5 amide bonds. The van der Waals surface area contributed by atoms with Gasteiger partial charge < -0.3 is 19.5 Å². The Morgan fingerprint density at radius 3 is 2.29 bits per heavy atom. The summed E-state index contributed by atoms with van der Waals surface area (Å²) >= 11 is 0. The van der Waals surface area contributed by atoms with Crippen molar-refractivity contribution in [2.24, 2.45) is 0 Å². The van der Waals surface area contributed by atoms with E-state index in [1.807, 2.05) is 30.3 Å². The summed E-state index contributed by atoms with van der Waals surface area (Å²) in [7, 11) is 0. The number of imide groups is 2. The molecular formula is C27H29N3O8. The monoisotopic (exact) mass is 523 g/mol. The molecule has 11 heteroatoms. The molecule has 2 N–H and O–H groups in total. The number of benzene rings is 2. The van der Waals surface area contributed by atoms with Crippen LogP contribution in [-0.4, -0.2) is 80.1 Å². The summed E-state index contributed by atoms with van der Waals surface area (Å²) < 4.78 is 16.4. The lowest BCUT2D eigenvalue weighted by Crippen LogP contribution is -2.54. The highest BCUT2D eigenvalue weighted by Gasteiger charge is 2.44. The van der Waals surface area contributed by atoms with E-state index in [0.29, 0.717) is 33.0 Å². The van der Waals surface area contributed by atoms with Crippen LogP contribution in [0.2, 0.25) is 0 Å². The summed E-state index contributed by atoms with van der Waals surface area (Å²) in [6, 6.07) is 13.0. The Labute approximate surface area is 219 Å². The minimum atomic E-state index is -1.06. The van der Waals surface area contributed by atoms with Crippen LogP contribution in [0.4, 0.5) is 0 Å². The van der Waals surface area contributed by atoms with Crippen molar-refractivity contribution in [3.63, 3.8) is 0 Å². The van der Waals surface area contributed by atoms with E-state index in [4.69, 9.17) is 14.2 Å². The van der Waals surface area contributed by atoms with Crippen LogP contribution >= 0.6 is 0 Å². The first-order valence-electron chi connectivity index (χ1n) is 12.4. The van der Waals surface area contributed by atoms with E-state index in [1.54, 1.807) is 0 Å². The summed E-state index contributed by atoms with van der Waals surface area (Å²) in [6.07, 6.45) is 0.103. The SMILES string of the molecule is O=C1CCC(N2C(=O)c3ccc(C(=O)NCCOCCOCCOCc4ccccc4)cc3C2=O)C(=O)N1. The van der Waals surface area contributed by atoms with Gasteiger partial charge in [0.25, 0.3) is 17.7 Å². The smallest absolute Gasteiger partial charge is 0.262 e. The predicted octanol–water partition coefficient (Wildman–Crippen LogP) is 1.07. The summed E-state index contributed by atoms with van der Waals surface area (Å²) in [5.74, 6) is -2.84. The third-order valence-corrected chi connectivity index (χ3v) is 6.09. The van der Waals surface area contributed by atoms with Crippen molar-refractivity contribution < 1.29 is 38.2 Å². The van der Waals surface area contributed by atoms with Crippen molar-refractivity contribution in [2.75, 3.05) is 39.6 Å². The van der Waals surface area contributed by atoms with Crippen molar-refractivity contribution in [1.82, 2.24) is 15.5 Å². The lowest BCUT2D eigenvalue weighted by molar-refractivity contribution is -0.136. The minimum Gasteiger partial charge on any atom is -0.377 e. The lowest BCUT2D eigenvalue weighted by atomic mass is 10.0. The fraction of sp³-hybridized carbons (Fsp3) is 0.370. The molecule has 0 aliphatic carbocycles. The molecule has 2 aliphatic rings. The van der Waals surface area contributed by atoms with Crippen molar-refractivity contribution in [1.29, 1.82) is 0 Å². The lowest BCUT2D eigenvalue weighted by Gasteiger charge is -2.27.